The summed E-state index contributed by atoms with van der Waals surface area (Å²) in [4.78, 5) is 12.1. The predicted octanol–water partition coefficient (Wildman–Crippen LogP) is 3.13. The molecule has 0 aliphatic carbocycles. The predicted molar refractivity (Wildman–Crippen MR) is 76.6 cm³/mol. The van der Waals surface area contributed by atoms with Gasteiger partial charge < -0.3 is 11.1 Å². The molecule has 1 aromatic carbocycles. The van der Waals surface area contributed by atoms with E-state index >= 15 is 0 Å². The minimum absolute atomic E-state index is 0.0314. The Morgan fingerprint density at radius 3 is 2.56 bits per heavy atom. The molecule has 0 saturated heterocycles. The van der Waals surface area contributed by atoms with Crippen LogP contribution in [0.1, 0.15) is 49.5 Å². The molecule has 18 heavy (non-hydrogen) atoms. The molecule has 0 radical (unpaired) electrons. The number of hydrogen-bond donors (Lipinski definition) is 2. The number of amides is 1. The Hall–Kier alpha value is -1.51. The molecule has 1 amide bonds. The van der Waals surface area contributed by atoms with E-state index < -0.39 is 0 Å². The molecule has 1 unspecified atom stereocenters. The Balaban J connectivity index is 2.62. The van der Waals surface area contributed by atoms with Crippen LogP contribution in [0.5, 0.6) is 0 Å². The topological polar surface area (TPSA) is 55.1 Å². The highest BCUT2D eigenvalue weighted by atomic mass is 16.1. The Bertz CT molecular complexity index is 413. The van der Waals surface area contributed by atoms with Crippen LogP contribution >= 0.6 is 0 Å². The molecule has 0 aliphatic heterocycles. The lowest BCUT2D eigenvalue weighted by Gasteiger charge is -2.16. The second kappa shape index (κ2) is 6.43. The van der Waals surface area contributed by atoms with Crippen molar-refractivity contribution in [1.29, 1.82) is 0 Å². The van der Waals surface area contributed by atoms with E-state index in [-0.39, 0.29) is 11.9 Å². The van der Waals surface area contributed by atoms with Gasteiger partial charge in [-0.2, -0.15) is 0 Å². The molecule has 1 rings (SSSR count). The third-order valence-electron chi connectivity index (χ3n) is 3.17. The van der Waals surface area contributed by atoms with Gasteiger partial charge in [-0.15, -0.1) is 0 Å². The van der Waals surface area contributed by atoms with Crippen LogP contribution in [0.4, 0.5) is 5.69 Å². The van der Waals surface area contributed by atoms with Crippen LogP contribution in [0.2, 0.25) is 0 Å². The molecule has 1 atom stereocenters. The zero-order valence-electron chi connectivity index (χ0n) is 11.8. The molecule has 1 aromatic rings. The maximum Gasteiger partial charge on any atom is 0.251 e. The Morgan fingerprint density at radius 2 is 1.94 bits per heavy atom. The molecule has 0 heterocycles. The first-order valence-electron chi connectivity index (χ1n) is 6.57. The summed E-state index contributed by atoms with van der Waals surface area (Å²) in [5.41, 5.74) is 8.00. The number of rotatable bonds is 5. The number of nitrogens with two attached hydrogens (primary N) is 1. The summed E-state index contributed by atoms with van der Waals surface area (Å²) in [6.07, 6.45) is 2.13. The van der Waals surface area contributed by atoms with Crippen molar-refractivity contribution in [2.75, 3.05) is 5.73 Å². The Kier molecular flexibility index (Phi) is 5.20. The van der Waals surface area contributed by atoms with Crippen molar-refractivity contribution in [2.45, 2.75) is 46.6 Å². The van der Waals surface area contributed by atoms with Gasteiger partial charge >= 0.3 is 0 Å². The van der Waals surface area contributed by atoms with E-state index in [2.05, 4.69) is 19.2 Å². The SMILES string of the molecule is Cc1c(N)cccc1C(=O)NC(C)CCC(C)C. The highest BCUT2D eigenvalue weighted by molar-refractivity contribution is 5.97. The smallest absolute Gasteiger partial charge is 0.251 e. The lowest BCUT2D eigenvalue weighted by molar-refractivity contribution is 0.0936. The van der Waals surface area contributed by atoms with Crippen molar-refractivity contribution in [3.05, 3.63) is 29.3 Å². The highest BCUT2D eigenvalue weighted by Crippen LogP contribution is 2.16. The van der Waals surface area contributed by atoms with E-state index in [1.807, 2.05) is 32.0 Å². The molecule has 3 nitrogen and oxygen atoms in total. The molecule has 0 spiro atoms. The molecular formula is C15H24N2O. The summed E-state index contributed by atoms with van der Waals surface area (Å²) in [5, 5.41) is 3.03. The van der Waals surface area contributed by atoms with Gasteiger partial charge in [0, 0.05) is 17.3 Å². The fourth-order valence-electron chi connectivity index (χ4n) is 1.86. The molecule has 0 saturated carbocycles. The summed E-state index contributed by atoms with van der Waals surface area (Å²) in [6, 6.07) is 5.64. The van der Waals surface area contributed by atoms with E-state index in [1.165, 1.54) is 0 Å². The molecule has 0 bridgehead atoms. The maximum atomic E-state index is 12.1. The van der Waals surface area contributed by atoms with Crippen molar-refractivity contribution in [1.82, 2.24) is 5.32 Å². The van der Waals surface area contributed by atoms with Crippen LogP contribution in [0.25, 0.3) is 0 Å². The van der Waals surface area contributed by atoms with E-state index in [4.69, 9.17) is 5.73 Å². The fourth-order valence-corrected chi connectivity index (χ4v) is 1.86. The van der Waals surface area contributed by atoms with Gasteiger partial charge in [0.25, 0.3) is 5.91 Å². The van der Waals surface area contributed by atoms with Gasteiger partial charge in [-0.3, -0.25) is 4.79 Å². The van der Waals surface area contributed by atoms with E-state index in [0.29, 0.717) is 17.2 Å². The average molecular weight is 248 g/mol. The van der Waals surface area contributed by atoms with E-state index in [9.17, 15) is 4.79 Å². The second-order valence-electron chi connectivity index (χ2n) is 5.37. The summed E-state index contributed by atoms with van der Waals surface area (Å²) in [7, 11) is 0. The lowest BCUT2D eigenvalue weighted by atomic mass is 10.0. The number of carbonyl (C=O) groups is 1. The van der Waals surface area contributed by atoms with Crippen molar-refractivity contribution < 1.29 is 4.79 Å². The summed E-state index contributed by atoms with van der Waals surface area (Å²) in [6.45, 7) is 8.30. The lowest BCUT2D eigenvalue weighted by Crippen LogP contribution is -2.33. The number of nitrogens with one attached hydrogen (secondary N) is 1. The number of benzene rings is 1. The van der Waals surface area contributed by atoms with Gasteiger partial charge in [0.15, 0.2) is 0 Å². The minimum atomic E-state index is -0.0314. The third-order valence-corrected chi connectivity index (χ3v) is 3.17. The quantitative estimate of drug-likeness (QED) is 0.787. The van der Waals surface area contributed by atoms with Crippen molar-refractivity contribution in [3.63, 3.8) is 0 Å². The van der Waals surface area contributed by atoms with Gasteiger partial charge in [0.2, 0.25) is 0 Å². The largest absolute Gasteiger partial charge is 0.398 e. The first kappa shape index (κ1) is 14.6. The molecule has 0 fully saturated rings. The minimum Gasteiger partial charge on any atom is -0.398 e. The van der Waals surface area contributed by atoms with Crippen LogP contribution in [0, 0.1) is 12.8 Å². The molecule has 3 heteroatoms. The number of carbonyl (C=O) groups excluding carboxylic acids is 1. The average Bonchev–Trinajstić information content (AvgIpc) is 2.30. The molecule has 0 aliphatic rings. The van der Waals surface area contributed by atoms with E-state index in [0.717, 1.165) is 18.4 Å². The number of nitrogen functional groups attached to an aromatic ring is 1. The summed E-state index contributed by atoms with van der Waals surface area (Å²) in [5.74, 6) is 0.634. The highest BCUT2D eigenvalue weighted by Gasteiger charge is 2.13. The molecular weight excluding hydrogens is 224 g/mol. The van der Waals surface area contributed by atoms with Crippen LogP contribution in [0.15, 0.2) is 18.2 Å². The van der Waals surface area contributed by atoms with Crippen molar-refractivity contribution in [2.24, 2.45) is 5.92 Å². The van der Waals surface area contributed by atoms with Gasteiger partial charge in [-0.25, -0.2) is 0 Å². The monoisotopic (exact) mass is 248 g/mol. The van der Waals surface area contributed by atoms with Crippen molar-refractivity contribution in [3.8, 4) is 0 Å². The fraction of sp³-hybridized carbons (Fsp3) is 0.533. The van der Waals surface area contributed by atoms with Crippen LogP contribution < -0.4 is 11.1 Å². The van der Waals surface area contributed by atoms with Crippen LogP contribution in [-0.2, 0) is 0 Å². The molecule has 0 aromatic heterocycles. The summed E-state index contributed by atoms with van der Waals surface area (Å²) < 4.78 is 0. The zero-order valence-corrected chi connectivity index (χ0v) is 11.8. The normalized spacial score (nSPS) is 12.5. The first-order valence-corrected chi connectivity index (χ1v) is 6.57. The second-order valence-corrected chi connectivity index (χ2v) is 5.37. The maximum absolute atomic E-state index is 12.1. The molecule has 100 valence electrons. The van der Waals surface area contributed by atoms with Gasteiger partial charge in [-0.1, -0.05) is 19.9 Å². The van der Waals surface area contributed by atoms with Gasteiger partial charge in [-0.05, 0) is 50.3 Å². The van der Waals surface area contributed by atoms with Crippen LogP contribution in [0.3, 0.4) is 0 Å². The van der Waals surface area contributed by atoms with Gasteiger partial charge in [0.05, 0.1) is 0 Å². The number of anilines is 1. The van der Waals surface area contributed by atoms with Crippen LogP contribution in [-0.4, -0.2) is 11.9 Å². The Labute approximate surface area is 110 Å². The summed E-state index contributed by atoms with van der Waals surface area (Å²) >= 11 is 0. The van der Waals surface area contributed by atoms with E-state index in [1.54, 1.807) is 0 Å². The molecule has 3 N–H and O–H groups in total. The van der Waals surface area contributed by atoms with Crippen molar-refractivity contribution >= 4 is 11.6 Å². The standard InChI is InChI=1S/C15H24N2O/c1-10(2)8-9-11(3)17-15(18)13-6-5-7-14(16)12(13)4/h5-7,10-11H,8-9,16H2,1-4H3,(H,17,18). The zero-order chi connectivity index (χ0) is 13.7. The Morgan fingerprint density at radius 1 is 1.28 bits per heavy atom. The number of hydrogen-bond acceptors (Lipinski definition) is 2. The first-order chi connectivity index (χ1) is 8.41. The van der Waals surface area contributed by atoms with Gasteiger partial charge in [0.1, 0.15) is 0 Å². The third kappa shape index (κ3) is 4.06.